The minimum atomic E-state index is -0.372. The van der Waals surface area contributed by atoms with Gasteiger partial charge in [0.1, 0.15) is 0 Å². The molecule has 1 aromatic rings. The van der Waals surface area contributed by atoms with Crippen LogP contribution in [0.5, 0.6) is 0 Å². The van der Waals surface area contributed by atoms with Crippen molar-refractivity contribution < 1.29 is 4.79 Å². The maximum Gasteiger partial charge on any atom is 0.220 e. The molecule has 3 rings (SSSR count). The fourth-order valence-corrected chi connectivity index (χ4v) is 3.19. The van der Waals surface area contributed by atoms with Crippen LogP contribution in [0.3, 0.4) is 0 Å². The Kier molecular flexibility index (Phi) is 4.23. The van der Waals surface area contributed by atoms with Crippen molar-refractivity contribution in [1.82, 2.24) is 14.9 Å². The molecular weight excluding hydrogens is 278 g/mol. The van der Waals surface area contributed by atoms with Crippen molar-refractivity contribution in [3.63, 3.8) is 0 Å². The Balaban J connectivity index is 1.47. The van der Waals surface area contributed by atoms with Crippen molar-refractivity contribution in [2.45, 2.75) is 62.7 Å². The first-order chi connectivity index (χ1) is 10.7. The maximum absolute atomic E-state index is 12.2. The van der Waals surface area contributed by atoms with Crippen LogP contribution < -0.4 is 5.32 Å². The van der Waals surface area contributed by atoms with Gasteiger partial charge in [0.15, 0.2) is 5.66 Å². The Morgan fingerprint density at radius 2 is 2.27 bits per heavy atom. The van der Waals surface area contributed by atoms with Crippen molar-refractivity contribution in [2.24, 2.45) is 10.2 Å². The molecule has 0 saturated heterocycles. The average Bonchev–Trinajstić information content (AvgIpc) is 2.92. The number of aromatic nitrogens is 2. The van der Waals surface area contributed by atoms with Crippen LogP contribution in [-0.4, -0.2) is 27.2 Å². The van der Waals surface area contributed by atoms with Gasteiger partial charge in [0.25, 0.3) is 0 Å². The molecular formula is C16H21N5O. The number of carbonyl (C=O) groups is 1. The average molecular weight is 299 g/mol. The van der Waals surface area contributed by atoms with Crippen molar-refractivity contribution in [3.8, 4) is 12.3 Å². The van der Waals surface area contributed by atoms with E-state index in [9.17, 15) is 4.79 Å². The van der Waals surface area contributed by atoms with Gasteiger partial charge in [-0.2, -0.15) is 10.2 Å². The van der Waals surface area contributed by atoms with Crippen LogP contribution in [0.4, 0.5) is 0 Å². The molecule has 116 valence electrons. The van der Waals surface area contributed by atoms with Crippen molar-refractivity contribution in [2.75, 3.05) is 0 Å². The Morgan fingerprint density at radius 1 is 1.41 bits per heavy atom. The van der Waals surface area contributed by atoms with Gasteiger partial charge in [-0.15, -0.1) is 12.3 Å². The summed E-state index contributed by atoms with van der Waals surface area (Å²) in [5.41, 5.74) is -0.372. The van der Waals surface area contributed by atoms with E-state index in [-0.39, 0.29) is 17.6 Å². The van der Waals surface area contributed by atoms with E-state index in [0.29, 0.717) is 25.3 Å². The van der Waals surface area contributed by atoms with Gasteiger partial charge < -0.3 is 9.88 Å². The first-order valence-corrected chi connectivity index (χ1v) is 7.87. The number of hydrogen-bond acceptors (Lipinski definition) is 4. The summed E-state index contributed by atoms with van der Waals surface area (Å²) in [6.45, 7) is 0. The topological polar surface area (TPSA) is 71.6 Å². The molecule has 1 saturated carbocycles. The van der Waals surface area contributed by atoms with Gasteiger partial charge in [-0.3, -0.25) is 4.79 Å². The van der Waals surface area contributed by atoms with Gasteiger partial charge in [-0.05, 0) is 19.3 Å². The van der Waals surface area contributed by atoms with E-state index in [1.165, 1.54) is 0 Å². The number of carbonyl (C=O) groups excluding carboxylic acids is 1. The third-order valence-electron chi connectivity index (χ3n) is 4.54. The molecule has 22 heavy (non-hydrogen) atoms. The van der Waals surface area contributed by atoms with E-state index in [1.807, 2.05) is 12.5 Å². The zero-order valence-corrected chi connectivity index (χ0v) is 12.6. The number of imidazole rings is 1. The van der Waals surface area contributed by atoms with Crippen LogP contribution in [0.15, 0.2) is 28.9 Å². The summed E-state index contributed by atoms with van der Waals surface area (Å²) in [6.07, 6.45) is 16.6. The maximum atomic E-state index is 12.2. The molecule has 6 heteroatoms. The molecule has 2 atom stereocenters. The first-order valence-electron chi connectivity index (χ1n) is 7.87. The highest BCUT2D eigenvalue weighted by atomic mass is 16.1. The van der Waals surface area contributed by atoms with E-state index >= 15 is 0 Å². The van der Waals surface area contributed by atoms with Crippen LogP contribution in [0.1, 0.15) is 51.0 Å². The molecule has 1 amide bonds. The summed E-state index contributed by atoms with van der Waals surface area (Å²) in [7, 11) is 0. The van der Waals surface area contributed by atoms with E-state index in [0.717, 1.165) is 25.7 Å². The lowest BCUT2D eigenvalue weighted by molar-refractivity contribution is -0.122. The smallest absolute Gasteiger partial charge is 0.220 e. The third-order valence-corrected chi connectivity index (χ3v) is 4.54. The summed E-state index contributed by atoms with van der Waals surface area (Å²) in [6, 6.07) is 0.508. The quantitative estimate of drug-likeness (QED) is 0.785. The van der Waals surface area contributed by atoms with Crippen LogP contribution in [0, 0.1) is 12.3 Å². The number of nitrogens with one attached hydrogen (secondary N) is 1. The largest absolute Gasteiger partial charge is 0.351 e. The van der Waals surface area contributed by atoms with E-state index in [2.05, 4.69) is 31.0 Å². The number of hydrogen-bond donors (Lipinski definition) is 1. The zero-order chi connectivity index (χ0) is 15.4. The monoisotopic (exact) mass is 299 g/mol. The van der Waals surface area contributed by atoms with Gasteiger partial charge in [0, 0.05) is 44.1 Å². The third kappa shape index (κ3) is 3.35. The van der Waals surface area contributed by atoms with Crippen molar-refractivity contribution >= 4 is 5.91 Å². The second-order valence-electron chi connectivity index (χ2n) is 6.07. The predicted molar refractivity (Wildman–Crippen MR) is 81.9 cm³/mol. The van der Waals surface area contributed by atoms with Gasteiger partial charge in [-0.1, -0.05) is 0 Å². The molecule has 1 aliphatic heterocycles. The summed E-state index contributed by atoms with van der Waals surface area (Å²) in [5.74, 6) is 2.68. The normalized spacial score (nSPS) is 24.9. The molecule has 0 unspecified atom stereocenters. The van der Waals surface area contributed by atoms with Gasteiger partial charge in [-0.25, -0.2) is 4.98 Å². The highest BCUT2D eigenvalue weighted by Crippen LogP contribution is 2.37. The molecule has 0 spiro atoms. The first kappa shape index (κ1) is 14.8. The van der Waals surface area contributed by atoms with Crippen molar-refractivity contribution in [3.05, 3.63) is 18.7 Å². The lowest BCUT2D eigenvalue weighted by Gasteiger charge is -2.22. The van der Waals surface area contributed by atoms with E-state index < -0.39 is 0 Å². The second-order valence-corrected chi connectivity index (χ2v) is 6.07. The lowest BCUT2D eigenvalue weighted by Crippen LogP contribution is -2.38. The van der Waals surface area contributed by atoms with Gasteiger partial charge >= 0.3 is 0 Å². The highest BCUT2D eigenvalue weighted by Gasteiger charge is 2.39. The van der Waals surface area contributed by atoms with Crippen molar-refractivity contribution in [1.29, 1.82) is 0 Å². The molecule has 1 fully saturated rings. The SMILES string of the molecule is C#CCCC1(CCC(=O)N[C@@H]2CCC[C@@H]2n2ccnc2)N=N1. The Hall–Kier alpha value is -2.16. The molecule has 0 radical (unpaired) electrons. The summed E-state index contributed by atoms with van der Waals surface area (Å²) in [4.78, 5) is 16.3. The summed E-state index contributed by atoms with van der Waals surface area (Å²) in [5, 5.41) is 11.3. The molecule has 2 aliphatic rings. The minimum absolute atomic E-state index is 0.0781. The number of amides is 1. The van der Waals surface area contributed by atoms with Gasteiger partial charge in [0.2, 0.25) is 5.91 Å². The fourth-order valence-electron chi connectivity index (χ4n) is 3.19. The lowest BCUT2D eigenvalue weighted by atomic mass is 10.0. The molecule has 1 aliphatic carbocycles. The predicted octanol–water partition coefficient (Wildman–Crippen LogP) is 2.45. The summed E-state index contributed by atoms with van der Waals surface area (Å²) >= 11 is 0. The Bertz CT molecular complexity index is 580. The van der Waals surface area contributed by atoms with Crippen LogP contribution >= 0.6 is 0 Å². The molecule has 1 aromatic heterocycles. The summed E-state index contributed by atoms with van der Waals surface area (Å²) < 4.78 is 2.10. The Labute approximate surface area is 130 Å². The standard InChI is InChI=1S/C16H21N5O/c1-2-3-8-16(19-20-16)9-7-15(22)18-13-5-4-6-14(13)21-11-10-17-12-21/h1,10-14H,3-9H2,(H,18,22)/t13-,14+/m1/s1. The second kappa shape index (κ2) is 6.30. The number of nitrogens with zero attached hydrogens (tertiary/aromatic N) is 4. The minimum Gasteiger partial charge on any atom is -0.351 e. The number of terminal acetylenes is 1. The van der Waals surface area contributed by atoms with Crippen LogP contribution in [0.2, 0.25) is 0 Å². The molecule has 6 nitrogen and oxygen atoms in total. The van der Waals surface area contributed by atoms with Crippen LogP contribution in [0.25, 0.3) is 0 Å². The molecule has 0 bridgehead atoms. The highest BCUT2D eigenvalue weighted by molar-refractivity contribution is 5.76. The zero-order valence-electron chi connectivity index (χ0n) is 12.6. The van der Waals surface area contributed by atoms with Crippen LogP contribution in [-0.2, 0) is 4.79 Å². The van der Waals surface area contributed by atoms with E-state index in [1.54, 1.807) is 6.20 Å². The Morgan fingerprint density at radius 3 is 2.95 bits per heavy atom. The van der Waals surface area contributed by atoms with E-state index in [4.69, 9.17) is 6.42 Å². The molecule has 2 heterocycles. The molecule has 0 aromatic carbocycles. The molecule has 1 N–H and O–H groups in total. The fraction of sp³-hybridized carbons (Fsp3) is 0.625. The van der Waals surface area contributed by atoms with Gasteiger partial charge in [0.05, 0.1) is 12.4 Å². The number of rotatable bonds is 7.